The van der Waals surface area contributed by atoms with E-state index in [1.807, 2.05) is 43.3 Å². The number of fused-ring (bicyclic) bond motifs is 1. The van der Waals surface area contributed by atoms with E-state index in [4.69, 9.17) is 21.1 Å². The van der Waals surface area contributed by atoms with E-state index >= 15 is 0 Å². The number of hydrogen-bond acceptors (Lipinski definition) is 9. The second-order valence-electron chi connectivity index (χ2n) is 10.7. The number of ether oxygens (including phenoxy) is 2. The Morgan fingerprint density at radius 3 is 2.53 bits per heavy atom. The van der Waals surface area contributed by atoms with Crippen molar-refractivity contribution in [2.24, 2.45) is 0 Å². The summed E-state index contributed by atoms with van der Waals surface area (Å²) in [5.74, 6) is -0.446. The summed E-state index contributed by atoms with van der Waals surface area (Å²) < 4.78 is 12.3. The predicted octanol–water partition coefficient (Wildman–Crippen LogP) is 5.61. The van der Waals surface area contributed by atoms with E-state index in [0.29, 0.717) is 33.2 Å². The van der Waals surface area contributed by atoms with Crippen molar-refractivity contribution in [3.05, 3.63) is 112 Å². The number of benzene rings is 3. The van der Waals surface area contributed by atoms with Gasteiger partial charge in [-0.15, -0.1) is 0 Å². The second kappa shape index (κ2) is 13.7. The van der Waals surface area contributed by atoms with E-state index in [-0.39, 0.29) is 19.8 Å². The van der Waals surface area contributed by atoms with Crippen LogP contribution in [0.1, 0.15) is 34.7 Å². The molecule has 0 amide bonds. The Hall–Kier alpha value is -5.08. The number of carboxylic acids is 1. The molecule has 0 aliphatic heterocycles. The molecule has 0 spiro atoms. The van der Waals surface area contributed by atoms with E-state index in [9.17, 15) is 20.3 Å². The topological polar surface area (TPSA) is 150 Å². The molecule has 228 valence electrons. The third-order valence-corrected chi connectivity index (χ3v) is 7.80. The third kappa shape index (κ3) is 7.19. The van der Waals surface area contributed by atoms with Crippen LogP contribution in [0.2, 0.25) is 5.02 Å². The van der Waals surface area contributed by atoms with Crippen LogP contribution >= 0.6 is 11.6 Å². The Morgan fingerprint density at radius 1 is 1.00 bits per heavy atom. The number of carboxylic acid groups (broad SMARTS) is 1. The maximum Gasteiger partial charge on any atom is 0.326 e. The average Bonchev–Trinajstić information content (AvgIpc) is 3.06. The molecular weight excluding hydrogens is 594 g/mol. The third-order valence-electron chi connectivity index (χ3n) is 7.50. The zero-order chi connectivity index (χ0) is 32.0. The normalized spacial score (nSPS) is 12.3. The fourth-order valence-corrected chi connectivity index (χ4v) is 4.92. The fourth-order valence-electron chi connectivity index (χ4n) is 4.68. The van der Waals surface area contributed by atoms with Crippen molar-refractivity contribution in [3.63, 3.8) is 0 Å². The molecule has 0 aliphatic rings. The van der Waals surface area contributed by atoms with Crippen LogP contribution in [0.25, 0.3) is 22.2 Å². The number of halogens is 1. The number of aliphatic hydroxyl groups is 1. The first kappa shape index (κ1) is 31.3. The van der Waals surface area contributed by atoms with Crippen molar-refractivity contribution in [2.45, 2.75) is 39.1 Å². The molecule has 2 heterocycles. The Morgan fingerprint density at radius 2 is 1.78 bits per heavy atom. The lowest BCUT2D eigenvalue weighted by atomic mass is 9.96. The van der Waals surface area contributed by atoms with Crippen molar-refractivity contribution in [1.29, 1.82) is 5.26 Å². The summed E-state index contributed by atoms with van der Waals surface area (Å²) in [6, 6.07) is 19.0. The van der Waals surface area contributed by atoms with Crippen molar-refractivity contribution >= 4 is 28.6 Å². The standard InChI is InChI=1S/C34H30ClN5O5/c1-21-25(4-3-5-27(21)24-6-7-29-30(12-24)39-9-8-38-29)19-45-32-13-31(44-18-23-10-22(14-36)15-37-16-23)26(11-28(32)35)17-40-34(2,20-41)33(42)43/h3-13,15-16,40-41H,17-20H2,1-2H3,(H,42,43). The summed E-state index contributed by atoms with van der Waals surface area (Å²) in [6.45, 7) is 3.14. The number of nitrogens with one attached hydrogen (secondary N) is 1. The summed E-state index contributed by atoms with van der Waals surface area (Å²) in [4.78, 5) is 24.6. The maximum absolute atomic E-state index is 11.7. The van der Waals surface area contributed by atoms with Gasteiger partial charge in [-0.25, -0.2) is 0 Å². The lowest BCUT2D eigenvalue weighted by Crippen LogP contribution is -2.52. The van der Waals surface area contributed by atoms with Gasteiger partial charge in [0.05, 0.1) is 28.2 Å². The molecular formula is C34H30ClN5O5. The van der Waals surface area contributed by atoms with Gasteiger partial charge in [-0.1, -0.05) is 35.9 Å². The molecule has 0 saturated carbocycles. The highest BCUT2D eigenvalue weighted by molar-refractivity contribution is 6.32. The summed E-state index contributed by atoms with van der Waals surface area (Å²) in [6.07, 6.45) is 6.39. The highest BCUT2D eigenvalue weighted by Gasteiger charge is 2.32. The Balaban J connectivity index is 1.40. The average molecular weight is 624 g/mol. The van der Waals surface area contributed by atoms with Crippen LogP contribution in [-0.2, 0) is 24.6 Å². The van der Waals surface area contributed by atoms with Crippen LogP contribution in [0.15, 0.2) is 79.4 Å². The molecule has 10 nitrogen and oxygen atoms in total. The van der Waals surface area contributed by atoms with E-state index in [0.717, 1.165) is 33.3 Å². The van der Waals surface area contributed by atoms with Gasteiger partial charge in [-0.05, 0) is 60.4 Å². The van der Waals surface area contributed by atoms with E-state index in [1.54, 1.807) is 36.8 Å². The number of nitriles is 1. The van der Waals surface area contributed by atoms with E-state index in [2.05, 4.69) is 26.3 Å². The molecule has 0 saturated heterocycles. The fraction of sp³-hybridized carbons (Fsp3) is 0.206. The minimum absolute atomic E-state index is 0.0342. The largest absolute Gasteiger partial charge is 0.488 e. The van der Waals surface area contributed by atoms with E-state index in [1.165, 1.54) is 13.1 Å². The first-order valence-electron chi connectivity index (χ1n) is 14.0. The van der Waals surface area contributed by atoms with Crippen molar-refractivity contribution in [3.8, 4) is 28.7 Å². The number of aliphatic carboxylic acids is 1. The number of pyridine rings is 1. The quantitative estimate of drug-likeness (QED) is 0.160. The van der Waals surface area contributed by atoms with Crippen molar-refractivity contribution < 1.29 is 24.5 Å². The molecule has 0 bridgehead atoms. The van der Waals surface area contributed by atoms with Gasteiger partial charge in [0.15, 0.2) is 0 Å². The van der Waals surface area contributed by atoms with Crippen LogP contribution in [0.4, 0.5) is 0 Å². The number of aromatic nitrogens is 3. The number of hydrogen-bond donors (Lipinski definition) is 3. The van der Waals surface area contributed by atoms with Gasteiger partial charge in [0.1, 0.15) is 36.3 Å². The summed E-state index contributed by atoms with van der Waals surface area (Å²) >= 11 is 6.66. The van der Waals surface area contributed by atoms with Gasteiger partial charge in [-0.3, -0.25) is 25.1 Å². The molecule has 0 aliphatic carbocycles. The minimum Gasteiger partial charge on any atom is -0.488 e. The molecule has 1 atom stereocenters. The van der Waals surface area contributed by atoms with Gasteiger partial charge < -0.3 is 19.7 Å². The van der Waals surface area contributed by atoms with Crippen molar-refractivity contribution in [2.75, 3.05) is 6.61 Å². The molecule has 3 aromatic carbocycles. The van der Waals surface area contributed by atoms with Crippen molar-refractivity contribution in [1.82, 2.24) is 20.3 Å². The molecule has 1 unspecified atom stereocenters. The predicted molar refractivity (Wildman–Crippen MR) is 169 cm³/mol. The number of carbonyl (C=O) groups is 1. The van der Waals surface area contributed by atoms with Gasteiger partial charge in [-0.2, -0.15) is 5.26 Å². The second-order valence-corrected chi connectivity index (χ2v) is 11.1. The number of rotatable bonds is 12. The molecule has 45 heavy (non-hydrogen) atoms. The van der Waals surface area contributed by atoms with Crippen LogP contribution in [0, 0.1) is 18.3 Å². The Kier molecular flexibility index (Phi) is 9.54. The monoisotopic (exact) mass is 623 g/mol. The lowest BCUT2D eigenvalue weighted by Gasteiger charge is -2.25. The first-order chi connectivity index (χ1) is 21.7. The van der Waals surface area contributed by atoms with Gasteiger partial charge in [0, 0.05) is 48.5 Å². The number of aliphatic hydroxyl groups excluding tert-OH is 1. The molecule has 5 aromatic rings. The Bertz CT molecular complexity index is 1910. The van der Waals surface area contributed by atoms with E-state index < -0.39 is 18.1 Å². The highest BCUT2D eigenvalue weighted by atomic mass is 35.5. The minimum atomic E-state index is -1.58. The molecule has 3 N–H and O–H groups in total. The summed E-state index contributed by atoms with van der Waals surface area (Å²) in [5, 5.41) is 31.7. The molecule has 5 rings (SSSR count). The molecule has 0 radical (unpaired) electrons. The maximum atomic E-state index is 11.7. The summed E-state index contributed by atoms with van der Waals surface area (Å²) in [5.41, 5.74) is 5.71. The van der Waals surface area contributed by atoms with Gasteiger partial charge in [0.25, 0.3) is 0 Å². The number of nitrogens with zero attached hydrogens (tertiary/aromatic N) is 4. The SMILES string of the molecule is Cc1c(COc2cc(OCc3cncc(C#N)c3)c(CNC(C)(CO)C(=O)O)cc2Cl)cccc1-c1ccc2nccnc2c1. The smallest absolute Gasteiger partial charge is 0.326 e. The zero-order valence-corrected chi connectivity index (χ0v) is 25.4. The van der Waals surface area contributed by atoms with Crippen LogP contribution in [-0.4, -0.2) is 43.3 Å². The Labute approximate surface area is 264 Å². The van der Waals surface area contributed by atoms with Gasteiger partial charge in [0.2, 0.25) is 0 Å². The zero-order valence-electron chi connectivity index (χ0n) is 24.6. The lowest BCUT2D eigenvalue weighted by molar-refractivity contribution is -0.145. The molecule has 2 aromatic heterocycles. The summed E-state index contributed by atoms with van der Waals surface area (Å²) in [7, 11) is 0. The van der Waals surface area contributed by atoms with Crippen LogP contribution < -0.4 is 14.8 Å². The first-order valence-corrected chi connectivity index (χ1v) is 14.4. The van der Waals surface area contributed by atoms with Crippen LogP contribution in [0.5, 0.6) is 11.5 Å². The van der Waals surface area contributed by atoms with Gasteiger partial charge >= 0.3 is 5.97 Å². The molecule has 11 heteroatoms. The molecule has 0 fully saturated rings. The van der Waals surface area contributed by atoms with Crippen LogP contribution in [0.3, 0.4) is 0 Å². The highest BCUT2D eigenvalue weighted by Crippen LogP contribution is 2.35.